The highest BCUT2D eigenvalue weighted by Crippen LogP contribution is 2.17. The molecule has 2 fully saturated rings. The van der Waals surface area contributed by atoms with E-state index >= 15 is 0 Å². The first-order valence-corrected chi connectivity index (χ1v) is 8.71. The molecule has 1 aliphatic heterocycles. The summed E-state index contributed by atoms with van der Waals surface area (Å²) in [6.07, 6.45) is 7.10. The molecule has 6 nitrogen and oxygen atoms in total. The zero-order valence-electron chi connectivity index (χ0n) is 13.7. The van der Waals surface area contributed by atoms with E-state index in [1.165, 1.54) is 19.3 Å². The summed E-state index contributed by atoms with van der Waals surface area (Å²) in [5.74, 6) is 0.198. The van der Waals surface area contributed by atoms with Gasteiger partial charge < -0.3 is 20.9 Å². The van der Waals surface area contributed by atoms with E-state index < -0.39 is 0 Å². The van der Waals surface area contributed by atoms with Crippen LogP contribution in [0.4, 0.5) is 4.79 Å². The van der Waals surface area contributed by atoms with Gasteiger partial charge in [-0.3, -0.25) is 4.79 Å². The van der Waals surface area contributed by atoms with Gasteiger partial charge in [0, 0.05) is 44.7 Å². The topological polar surface area (TPSA) is 73.5 Å². The van der Waals surface area contributed by atoms with Crippen LogP contribution >= 0.6 is 0 Å². The Morgan fingerprint density at radius 1 is 1.23 bits per heavy atom. The Morgan fingerprint density at radius 3 is 2.73 bits per heavy atom. The summed E-state index contributed by atoms with van der Waals surface area (Å²) in [5.41, 5.74) is 0. The Bertz CT molecular complexity index is 369. The zero-order chi connectivity index (χ0) is 15.8. The molecule has 126 valence electrons. The van der Waals surface area contributed by atoms with E-state index in [4.69, 9.17) is 0 Å². The first-order chi connectivity index (χ1) is 10.7. The summed E-state index contributed by atoms with van der Waals surface area (Å²) < 4.78 is 0. The summed E-state index contributed by atoms with van der Waals surface area (Å²) in [6, 6.07) is 0.510. The lowest BCUT2D eigenvalue weighted by Gasteiger charge is -2.34. The lowest BCUT2D eigenvalue weighted by Crippen LogP contribution is -2.52. The number of piperazine rings is 1. The van der Waals surface area contributed by atoms with Crippen molar-refractivity contribution in [3.05, 3.63) is 0 Å². The van der Waals surface area contributed by atoms with Gasteiger partial charge in [0.05, 0.1) is 0 Å². The number of carbonyl (C=O) groups excluding carboxylic acids is 2. The second-order valence-electron chi connectivity index (χ2n) is 6.48. The van der Waals surface area contributed by atoms with Gasteiger partial charge in [-0.05, 0) is 26.2 Å². The van der Waals surface area contributed by atoms with Crippen LogP contribution in [0.1, 0.15) is 51.9 Å². The van der Waals surface area contributed by atoms with Crippen molar-refractivity contribution < 1.29 is 9.59 Å². The maximum Gasteiger partial charge on any atom is 0.315 e. The smallest absolute Gasteiger partial charge is 0.315 e. The molecule has 1 saturated heterocycles. The SMILES string of the molecule is CC1CNCCN1C(=O)CCCNC(=O)NC1CCCCC1. The molecule has 1 heterocycles. The van der Waals surface area contributed by atoms with Crippen LogP contribution in [-0.4, -0.2) is 55.1 Å². The third-order valence-electron chi connectivity index (χ3n) is 4.62. The van der Waals surface area contributed by atoms with Gasteiger partial charge in [-0.25, -0.2) is 4.79 Å². The highest BCUT2D eigenvalue weighted by molar-refractivity contribution is 5.77. The van der Waals surface area contributed by atoms with Crippen molar-refractivity contribution in [3.63, 3.8) is 0 Å². The first kappa shape index (κ1) is 17.1. The fourth-order valence-corrected chi connectivity index (χ4v) is 3.28. The van der Waals surface area contributed by atoms with E-state index in [0.29, 0.717) is 25.4 Å². The lowest BCUT2D eigenvalue weighted by molar-refractivity contribution is -0.134. The third-order valence-corrected chi connectivity index (χ3v) is 4.62. The Balaban J connectivity index is 1.56. The molecule has 1 unspecified atom stereocenters. The van der Waals surface area contributed by atoms with E-state index in [-0.39, 0.29) is 18.0 Å². The van der Waals surface area contributed by atoms with Crippen LogP contribution in [-0.2, 0) is 4.79 Å². The fourth-order valence-electron chi connectivity index (χ4n) is 3.28. The number of urea groups is 1. The van der Waals surface area contributed by atoms with Gasteiger partial charge in [-0.2, -0.15) is 0 Å². The molecule has 6 heteroatoms. The normalized spacial score (nSPS) is 23.1. The second kappa shape index (κ2) is 8.98. The van der Waals surface area contributed by atoms with E-state index in [9.17, 15) is 9.59 Å². The van der Waals surface area contributed by atoms with Gasteiger partial charge in [0.1, 0.15) is 0 Å². The number of carbonyl (C=O) groups is 2. The molecule has 0 spiro atoms. The summed E-state index contributed by atoms with van der Waals surface area (Å²) in [5, 5.41) is 9.17. The van der Waals surface area contributed by atoms with Crippen LogP contribution in [0.25, 0.3) is 0 Å². The van der Waals surface area contributed by atoms with Crippen LogP contribution < -0.4 is 16.0 Å². The third kappa shape index (κ3) is 5.48. The molecule has 1 atom stereocenters. The highest BCUT2D eigenvalue weighted by Gasteiger charge is 2.22. The van der Waals surface area contributed by atoms with E-state index in [2.05, 4.69) is 22.9 Å². The average molecular weight is 310 g/mol. The summed E-state index contributed by atoms with van der Waals surface area (Å²) in [6.45, 7) is 5.16. The zero-order valence-corrected chi connectivity index (χ0v) is 13.7. The van der Waals surface area contributed by atoms with Crippen molar-refractivity contribution in [2.24, 2.45) is 0 Å². The number of hydrogen-bond donors (Lipinski definition) is 3. The van der Waals surface area contributed by atoms with Gasteiger partial charge in [0.15, 0.2) is 0 Å². The lowest BCUT2D eigenvalue weighted by atomic mass is 9.96. The van der Waals surface area contributed by atoms with E-state index in [1.54, 1.807) is 0 Å². The van der Waals surface area contributed by atoms with Crippen LogP contribution in [0.2, 0.25) is 0 Å². The molecule has 3 amide bonds. The van der Waals surface area contributed by atoms with Crippen molar-refractivity contribution in [2.75, 3.05) is 26.2 Å². The monoisotopic (exact) mass is 310 g/mol. The molecule has 22 heavy (non-hydrogen) atoms. The van der Waals surface area contributed by atoms with Crippen LogP contribution in [0.5, 0.6) is 0 Å². The van der Waals surface area contributed by atoms with Crippen LogP contribution in [0, 0.1) is 0 Å². The molecule has 0 aromatic rings. The number of rotatable bonds is 5. The quantitative estimate of drug-likeness (QED) is 0.669. The van der Waals surface area contributed by atoms with Crippen molar-refractivity contribution in [1.82, 2.24) is 20.9 Å². The van der Waals surface area contributed by atoms with E-state index in [1.807, 2.05) is 4.90 Å². The minimum absolute atomic E-state index is 0.0881. The molecule has 2 rings (SSSR count). The average Bonchev–Trinajstić information content (AvgIpc) is 2.53. The Kier molecular flexibility index (Phi) is 6.96. The summed E-state index contributed by atoms with van der Waals surface area (Å²) in [7, 11) is 0. The largest absolute Gasteiger partial charge is 0.338 e. The van der Waals surface area contributed by atoms with Gasteiger partial charge in [-0.15, -0.1) is 0 Å². The van der Waals surface area contributed by atoms with Crippen molar-refractivity contribution in [2.45, 2.75) is 64.0 Å². The molecular formula is C16H30N4O2. The maximum atomic E-state index is 12.1. The molecular weight excluding hydrogens is 280 g/mol. The number of amides is 3. The first-order valence-electron chi connectivity index (χ1n) is 8.71. The number of hydrogen-bond acceptors (Lipinski definition) is 3. The molecule has 0 aromatic heterocycles. The Labute approximate surface area is 133 Å². The molecule has 1 aliphatic carbocycles. The second-order valence-corrected chi connectivity index (χ2v) is 6.48. The standard InChI is InChI=1S/C16H30N4O2/c1-13-12-17-10-11-20(13)15(21)8-5-9-18-16(22)19-14-6-3-2-4-7-14/h13-14,17H,2-12H2,1H3,(H2,18,19,22). The van der Waals surface area contributed by atoms with Gasteiger partial charge >= 0.3 is 6.03 Å². The number of nitrogens with one attached hydrogen (secondary N) is 3. The fraction of sp³-hybridized carbons (Fsp3) is 0.875. The highest BCUT2D eigenvalue weighted by atomic mass is 16.2. The summed E-state index contributed by atoms with van der Waals surface area (Å²) in [4.78, 5) is 25.9. The van der Waals surface area contributed by atoms with E-state index in [0.717, 1.165) is 32.5 Å². The van der Waals surface area contributed by atoms with Gasteiger partial charge in [-0.1, -0.05) is 19.3 Å². The van der Waals surface area contributed by atoms with Crippen LogP contribution in [0.15, 0.2) is 0 Å². The maximum absolute atomic E-state index is 12.1. The van der Waals surface area contributed by atoms with Crippen LogP contribution in [0.3, 0.4) is 0 Å². The van der Waals surface area contributed by atoms with Gasteiger partial charge in [0.2, 0.25) is 5.91 Å². The Morgan fingerprint density at radius 2 is 2.00 bits per heavy atom. The molecule has 0 aromatic carbocycles. The summed E-state index contributed by atoms with van der Waals surface area (Å²) >= 11 is 0. The predicted octanol–water partition coefficient (Wildman–Crippen LogP) is 1.22. The minimum Gasteiger partial charge on any atom is -0.338 e. The number of nitrogens with zero attached hydrogens (tertiary/aromatic N) is 1. The van der Waals surface area contributed by atoms with Crippen molar-refractivity contribution in [3.8, 4) is 0 Å². The predicted molar refractivity (Wildman–Crippen MR) is 86.7 cm³/mol. The van der Waals surface area contributed by atoms with Crippen molar-refractivity contribution in [1.29, 1.82) is 0 Å². The molecule has 1 saturated carbocycles. The molecule has 0 radical (unpaired) electrons. The molecule has 0 bridgehead atoms. The Hall–Kier alpha value is -1.30. The van der Waals surface area contributed by atoms with Gasteiger partial charge in [0.25, 0.3) is 0 Å². The minimum atomic E-state index is -0.0881. The van der Waals surface area contributed by atoms with Crippen molar-refractivity contribution >= 4 is 11.9 Å². The molecule has 2 aliphatic rings. The molecule has 3 N–H and O–H groups in total.